The van der Waals surface area contributed by atoms with Gasteiger partial charge in [0.1, 0.15) is 12.2 Å². The summed E-state index contributed by atoms with van der Waals surface area (Å²) in [7, 11) is 1.88. The Balaban J connectivity index is 1.66. The van der Waals surface area contributed by atoms with E-state index in [2.05, 4.69) is 20.8 Å². The van der Waals surface area contributed by atoms with Gasteiger partial charge in [-0.25, -0.2) is 4.79 Å². The van der Waals surface area contributed by atoms with E-state index < -0.39 is 0 Å². The molecule has 2 amide bonds. The Bertz CT molecular complexity index is 523. The van der Waals surface area contributed by atoms with Crippen LogP contribution in [0.2, 0.25) is 0 Å². The largest absolute Gasteiger partial charge is 0.338 e. The monoisotopic (exact) mass is 259 g/mol. The molecule has 1 aromatic carbocycles. The zero-order chi connectivity index (χ0) is 13.5. The van der Waals surface area contributed by atoms with Crippen molar-refractivity contribution in [3.63, 3.8) is 0 Å². The van der Waals surface area contributed by atoms with Crippen LogP contribution in [0.15, 0.2) is 36.7 Å². The molecule has 6 nitrogen and oxygen atoms in total. The van der Waals surface area contributed by atoms with E-state index in [1.54, 1.807) is 6.33 Å². The zero-order valence-corrected chi connectivity index (χ0v) is 10.8. The molecule has 0 spiro atoms. The molecule has 100 valence electrons. The van der Waals surface area contributed by atoms with Crippen LogP contribution in [0.5, 0.6) is 0 Å². The fourth-order valence-electron chi connectivity index (χ4n) is 1.66. The van der Waals surface area contributed by atoms with E-state index in [9.17, 15) is 4.79 Å². The fraction of sp³-hybridized carbons (Fsp3) is 0.308. The second-order valence-corrected chi connectivity index (χ2v) is 4.20. The van der Waals surface area contributed by atoms with E-state index in [0.29, 0.717) is 19.5 Å². The summed E-state index contributed by atoms with van der Waals surface area (Å²) in [4.78, 5) is 11.6. The van der Waals surface area contributed by atoms with Gasteiger partial charge < -0.3 is 15.2 Å². The summed E-state index contributed by atoms with van der Waals surface area (Å²) >= 11 is 0. The average Bonchev–Trinajstić information content (AvgIpc) is 2.83. The molecule has 0 bridgehead atoms. The minimum absolute atomic E-state index is 0.175. The molecule has 0 fully saturated rings. The van der Waals surface area contributed by atoms with Gasteiger partial charge in [-0.1, -0.05) is 30.3 Å². The molecule has 0 aliphatic rings. The number of benzene rings is 1. The molecule has 2 rings (SSSR count). The van der Waals surface area contributed by atoms with Gasteiger partial charge in [0.15, 0.2) is 0 Å². The van der Waals surface area contributed by atoms with Crippen molar-refractivity contribution < 1.29 is 4.79 Å². The maximum absolute atomic E-state index is 11.6. The lowest BCUT2D eigenvalue weighted by molar-refractivity contribution is 0.240. The fourth-order valence-corrected chi connectivity index (χ4v) is 1.66. The molecule has 0 unspecified atom stereocenters. The predicted molar refractivity (Wildman–Crippen MR) is 71.4 cm³/mol. The van der Waals surface area contributed by atoms with Crippen molar-refractivity contribution in [2.45, 2.75) is 13.0 Å². The molecule has 0 radical (unpaired) electrons. The van der Waals surface area contributed by atoms with Gasteiger partial charge in [-0.3, -0.25) is 0 Å². The second-order valence-electron chi connectivity index (χ2n) is 4.20. The number of carbonyl (C=O) groups excluding carboxylic acids is 1. The molecular weight excluding hydrogens is 242 g/mol. The van der Waals surface area contributed by atoms with Crippen LogP contribution in [-0.4, -0.2) is 27.3 Å². The lowest BCUT2D eigenvalue weighted by Gasteiger charge is -2.07. The summed E-state index contributed by atoms with van der Waals surface area (Å²) in [5.41, 5.74) is 1.07. The van der Waals surface area contributed by atoms with Gasteiger partial charge in [0.25, 0.3) is 0 Å². The lowest BCUT2D eigenvalue weighted by atomic mass is 10.2. The predicted octanol–water partition coefficient (Wildman–Crippen LogP) is 0.857. The first kappa shape index (κ1) is 13.1. The molecular formula is C13H17N5O. The molecule has 2 aromatic rings. The topological polar surface area (TPSA) is 71.8 Å². The van der Waals surface area contributed by atoms with Crippen molar-refractivity contribution in [2.75, 3.05) is 6.54 Å². The molecule has 0 aliphatic heterocycles. The zero-order valence-electron chi connectivity index (χ0n) is 10.8. The molecule has 0 saturated heterocycles. The molecule has 19 heavy (non-hydrogen) atoms. The first-order chi connectivity index (χ1) is 9.25. The molecule has 1 heterocycles. The number of urea groups is 1. The van der Waals surface area contributed by atoms with E-state index in [4.69, 9.17) is 0 Å². The molecule has 0 aliphatic carbocycles. The second kappa shape index (κ2) is 6.53. The maximum Gasteiger partial charge on any atom is 0.315 e. The van der Waals surface area contributed by atoms with Crippen LogP contribution >= 0.6 is 0 Å². The van der Waals surface area contributed by atoms with Gasteiger partial charge in [0, 0.05) is 26.6 Å². The van der Waals surface area contributed by atoms with Gasteiger partial charge in [-0.15, -0.1) is 10.2 Å². The quantitative estimate of drug-likeness (QED) is 0.836. The summed E-state index contributed by atoms with van der Waals surface area (Å²) in [6.45, 7) is 1.06. The number of hydrogen-bond donors (Lipinski definition) is 2. The number of carbonyl (C=O) groups is 1. The highest BCUT2D eigenvalue weighted by Gasteiger charge is 2.03. The number of hydrogen-bond acceptors (Lipinski definition) is 3. The summed E-state index contributed by atoms with van der Waals surface area (Å²) in [5.74, 6) is 0.850. The highest BCUT2D eigenvalue weighted by atomic mass is 16.2. The number of rotatable bonds is 5. The van der Waals surface area contributed by atoms with Gasteiger partial charge >= 0.3 is 6.03 Å². The molecule has 2 N–H and O–H groups in total. The van der Waals surface area contributed by atoms with Crippen molar-refractivity contribution in [3.8, 4) is 0 Å². The Kier molecular flexibility index (Phi) is 4.49. The van der Waals surface area contributed by atoms with Crippen LogP contribution < -0.4 is 10.6 Å². The number of amides is 2. The van der Waals surface area contributed by atoms with Crippen LogP contribution in [0, 0.1) is 0 Å². The Morgan fingerprint density at radius 2 is 2.05 bits per heavy atom. The van der Waals surface area contributed by atoms with Crippen LogP contribution in [0.25, 0.3) is 0 Å². The third kappa shape index (κ3) is 4.09. The van der Waals surface area contributed by atoms with E-state index >= 15 is 0 Å². The lowest BCUT2D eigenvalue weighted by Crippen LogP contribution is -2.36. The van der Waals surface area contributed by atoms with Crippen molar-refractivity contribution in [1.29, 1.82) is 0 Å². The smallest absolute Gasteiger partial charge is 0.315 e. The maximum atomic E-state index is 11.6. The minimum atomic E-state index is -0.175. The molecule has 1 aromatic heterocycles. The highest BCUT2D eigenvalue weighted by molar-refractivity contribution is 5.73. The number of aromatic nitrogens is 3. The Morgan fingerprint density at radius 3 is 2.74 bits per heavy atom. The first-order valence-corrected chi connectivity index (χ1v) is 6.14. The van der Waals surface area contributed by atoms with Crippen LogP contribution in [0.1, 0.15) is 11.4 Å². The molecule has 0 atom stereocenters. The summed E-state index contributed by atoms with van der Waals surface area (Å²) in [6.07, 6.45) is 2.31. The standard InChI is InChI=1S/C13H17N5O/c1-18-10-16-17-12(18)7-8-14-13(19)15-9-11-5-3-2-4-6-11/h2-6,10H,7-9H2,1H3,(H2,14,15,19). The van der Waals surface area contributed by atoms with Crippen molar-refractivity contribution in [2.24, 2.45) is 7.05 Å². The van der Waals surface area contributed by atoms with Crippen LogP contribution in [-0.2, 0) is 20.0 Å². The normalized spacial score (nSPS) is 10.2. The van der Waals surface area contributed by atoms with Crippen molar-refractivity contribution in [3.05, 3.63) is 48.0 Å². The Labute approximate surface area is 111 Å². The molecule has 6 heteroatoms. The van der Waals surface area contributed by atoms with Crippen LogP contribution in [0.3, 0.4) is 0 Å². The number of aryl methyl sites for hydroxylation is 1. The van der Waals surface area contributed by atoms with E-state index in [0.717, 1.165) is 11.4 Å². The summed E-state index contributed by atoms with van der Waals surface area (Å²) in [6, 6.07) is 9.61. The third-order valence-corrected chi connectivity index (χ3v) is 2.74. The van der Waals surface area contributed by atoms with Crippen molar-refractivity contribution >= 4 is 6.03 Å². The van der Waals surface area contributed by atoms with Gasteiger partial charge in [-0.2, -0.15) is 0 Å². The minimum Gasteiger partial charge on any atom is -0.338 e. The Hall–Kier alpha value is -2.37. The van der Waals surface area contributed by atoms with E-state index in [-0.39, 0.29) is 6.03 Å². The number of nitrogens with zero attached hydrogens (tertiary/aromatic N) is 3. The van der Waals surface area contributed by atoms with E-state index in [1.807, 2.05) is 41.9 Å². The molecule has 0 saturated carbocycles. The number of nitrogens with one attached hydrogen (secondary N) is 2. The Morgan fingerprint density at radius 1 is 1.26 bits per heavy atom. The van der Waals surface area contributed by atoms with Gasteiger partial charge in [-0.05, 0) is 5.56 Å². The summed E-state index contributed by atoms with van der Waals surface area (Å²) < 4.78 is 1.84. The highest BCUT2D eigenvalue weighted by Crippen LogP contribution is 1.96. The van der Waals surface area contributed by atoms with E-state index in [1.165, 1.54) is 0 Å². The first-order valence-electron chi connectivity index (χ1n) is 6.14. The van der Waals surface area contributed by atoms with Gasteiger partial charge in [0.05, 0.1) is 0 Å². The summed E-state index contributed by atoms with van der Waals surface area (Å²) in [5, 5.41) is 13.3. The average molecular weight is 259 g/mol. The third-order valence-electron chi connectivity index (χ3n) is 2.74. The SMILES string of the molecule is Cn1cnnc1CCNC(=O)NCc1ccccc1. The van der Waals surface area contributed by atoms with Gasteiger partial charge in [0.2, 0.25) is 0 Å². The van der Waals surface area contributed by atoms with Crippen LogP contribution in [0.4, 0.5) is 4.79 Å². The van der Waals surface area contributed by atoms with Crippen molar-refractivity contribution in [1.82, 2.24) is 25.4 Å².